The quantitative estimate of drug-likeness (QED) is 0.512. The van der Waals surface area contributed by atoms with E-state index in [1.807, 2.05) is 37.3 Å². The smallest absolute Gasteiger partial charge is 0.261 e. The van der Waals surface area contributed by atoms with Crippen LogP contribution in [0.25, 0.3) is 10.8 Å². The van der Waals surface area contributed by atoms with Gasteiger partial charge in [0.25, 0.3) is 5.56 Å². The molecule has 154 valence electrons. The summed E-state index contributed by atoms with van der Waals surface area (Å²) in [4.78, 5) is 21.9. The number of rotatable bonds is 4. The zero-order chi connectivity index (χ0) is 21.4. The average Bonchev–Trinajstić information content (AvgIpc) is 3.25. The second kappa shape index (κ2) is 7.60. The van der Waals surface area contributed by atoms with Crippen LogP contribution in [0.3, 0.4) is 0 Å². The van der Waals surface area contributed by atoms with E-state index in [0.717, 1.165) is 11.3 Å². The molecular weight excluding hydrogens is 394 g/mol. The highest BCUT2D eigenvalue weighted by molar-refractivity contribution is 6.02. The molecular formula is C24H19N3O4. The first-order valence-electron chi connectivity index (χ1n) is 9.81. The van der Waals surface area contributed by atoms with Gasteiger partial charge in [0.1, 0.15) is 0 Å². The molecule has 31 heavy (non-hydrogen) atoms. The van der Waals surface area contributed by atoms with Gasteiger partial charge in [0.15, 0.2) is 17.3 Å². The minimum atomic E-state index is -0.281. The maximum Gasteiger partial charge on any atom is 0.261 e. The third kappa shape index (κ3) is 3.50. The average molecular weight is 413 g/mol. The summed E-state index contributed by atoms with van der Waals surface area (Å²) in [5.41, 5.74) is 1.83. The summed E-state index contributed by atoms with van der Waals surface area (Å²) in [6.45, 7) is 2.24. The summed E-state index contributed by atoms with van der Waals surface area (Å²) in [5.74, 6) is 1.66. The molecule has 0 amide bonds. The lowest BCUT2D eigenvalue weighted by molar-refractivity contribution is 0.174. The molecule has 0 unspecified atom stereocenters. The summed E-state index contributed by atoms with van der Waals surface area (Å²) in [5, 5.41) is 12.2. The first-order valence-corrected chi connectivity index (χ1v) is 9.81. The van der Waals surface area contributed by atoms with Crippen LogP contribution < -0.4 is 15.0 Å². The fourth-order valence-electron chi connectivity index (χ4n) is 3.64. The zero-order valence-corrected chi connectivity index (χ0v) is 16.8. The molecule has 0 atom stereocenters. The Bertz CT molecular complexity index is 1390. The standard InChI is InChI=1S/C24H19N3O4/c1-15-5-4-8-22(26-15)25-12-19-17-6-2-3-7-18(17)23(28)27(24(19)29)13-16-9-10-20-21(11-16)31-14-30-20/h2-12,29H,13-14H2,1H3/b25-12+. The third-order valence-electron chi connectivity index (χ3n) is 5.17. The fraction of sp³-hybridized carbons (Fsp3) is 0.125. The van der Waals surface area contributed by atoms with E-state index in [1.54, 1.807) is 36.5 Å². The van der Waals surface area contributed by atoms with Gasteiger partial charge in [0.2, 0.25) is 12.7 Å². The van der Waals surface area contributed by atoms with Crippen molar-refractivity contribution in [3.05, 3.63) is 87.8 Å². The number of fused-ring (bicyclic) bond motifs is 2. The first-order chi connectivity index (χ1) is 15.1. The third-order valence-corrected chi connectivity index (χ3v) is 5.17. The molecule has 0 saturated heterocycles. The number of aliphatic imine (C=N–C) groups is 1. The Labute approximate surface area is 177 Å². The van der Waals surface area contributed by atoms with Crippen molar-refractivity contribution in [1.82, 2.24) is 9.55 Å². The molecule has 2 aromatic heterocycles. The first kappa shape index (κ1) is 18.9. The number of hydrogen-bond acceptors (Lipinski definition) is 6. The van der Waals surface area contributed by atoms with Gasteiger partial charge in [-0.15, -0.1) is 0 Å². The van der Waals surface area contributed by atoms with Crippen LogP contribution in [-0.4, -0.2) is 27.7 Å². The number of ether oxygens (including phenoxy) is 2. The van der Waals surface area contributed by atoms with Crippen molar-refractivity contribution in [2.75, 3.05) is 6.79 Å². The van der Waals surface area contributed by atoms with E-state index in [0.29, 0.717) is 33.7 Å². The minimum Gasteiger partial charge on any atom is -0.494 e. The van der Waals surface area contributed by atoms with Crippen LogP contribution in [0.5, 0.6) is 17.4 Å². The highest BCUT2D eigenvalue weighted by Crippen LogP contribution is 2.33. The van der Waals surface area contributed by atoms with Crippen LogP contribution in [0.15, 0.2) is 70.5 Å². The van der Waals surface area contributed by atoms with Gasteiger partial charge in [0, 0.05) is 22.7 Å². The number of aryl methyl sites for hydroxylation is 1. The largest absolute Gasteiger partial charge is 0.494 e. The van der Waals surface area contributed by atoms with Gasteiger partial charge in [-0.1, -0.05) is 30.3 Å². The molecule has 0 saturated carbocycles. The van der Waals surface area contributed by atoms with Gasteiger partial charge in [-0.3, -0.25) is 9.36 Å². The Kier molecular flexibility index (Phi) is 4.63. The lowest BCUT2D eigenvalue weighted by Crippen LogP contribution is -2.22. The van der Waals surface area contributed by atoms with Gasteiger partial charge < -0.3 is 14.6 Å². The van der Waals surface area contributed by atoms with Crippen LogP contribution in [0, 0.1) is 6.92 Å². The van der Waals surface area contributed by atoms with Crippen molar-refractivity contribution >= 4 is 22.8 Å². The van der Waals surface area contributed by atoms with Crippen molar-refractivity contribution in [2.45, 2.75) is 13.5 Å². The van der Waals surface area contributed by atoms with Gasteiger partial charge in [-0.2, -0.15) is 0 Å². The lowest BCUT2D eigenvalue weighted by atomic mass is 10.1. The van der Waals surface area contributed by atoms with E-state index in [-0.39, 0.29) is 24.8 Å². The molecule has 1 aliphatic heterocycles. The molecule has 0 bridgehead atoms. The topological polar surface area (TPSA) is 85.9 Å². The van der Waals surface area contributed by atoms with E-state index < -0.39 is 0 Å². The molecule has 7 heteroatoms. The second-order valence-corrected chi connectivity index (χ2v) is 7.26. The van der Waals surface area contributed by atoms with Crippen molar-refractivity contribution < 1.29 is 14.6 Å². The number of benzene rings is 2. The zero-order valence-electron chi connectivity index (χ0n) is 16.8. The number of pyridine rings is 2. The minimum absolute atomic E-state index is 0.155. The molecule has 4 aromatic rings. The molecule has 0 aliphatic carbocycles. The lowest BCUT2D eigenvalue weighted by Gasteiger charge is -2.14. The number of nitrogens with zero attached hydrogens (tertiary/aromatic N) is 3. The molecule has 0 spiro atoms. The van der Waals surface area contributed by atoms with Crippen LogP contribution in [0.4, 0.5) is 5.82 Å². The van der Waals surface area contributed by atoms with Gasteiger partial charge in [0.05, 0.1) is 12.1 Å². The van der Waals surface area contributed by atoms with Gasteiger partial charge in [-0.25, -0.2) is 9.98 Å². The summed E-state index contributed by atoms with van der Waals surface area (Å²) >= 11 is 0. The van der Waals surface area contributed by atoms with Crippen molar-refractivity contribution in [1.29, 1.82) is 0 Å². The molecule has 7 nitrogen and oxygen atoms in total. The maximum absolute atomic E-state index is 13.1. The van der Waals surface area contributed by atoms with E-state index in [4.69, 9.17) is 9.47 Å². The fourth-order valence-corrected chi connectivity index (χ4v) is 3.64. The summed E-state index contributed by atoms with van der Waals surface area (Å²) in [6, 6.07) is 18.2. The highest BCUT2D eigenvalue weighted by atomic mass is 16.7. The normalized spacial score (nSPS) is 12.7. The van der Waals surface area contributed by atoms with Crippen LogP contribution in [0.2, 0.25) is 0 Å². The summed E-state index contributed by atoms with van der Waals surface area (Å²) in [6.07, 6.45) is 1.55. The van der Waals surface area contributed by atoms with Crippen molar-refractivity contribution in [3.8, 4) is 17.4 Å². The molecule has 0 radical (unpaired) electrons. The predicted octanol–water partition coefficient (Wildman–Crippen LogP) is 3.94. The van der Waals surface area contributed by atoms with Gasteiger partial charge >= 0.3 is 0 Å². The summed E-state index contributed by atoms with van der Waals surface area (Å²) < 4.78 is 12.1. The number of hydrogen-bond donors (Lipinski definition) is 1. The second-order valence-electron chi connectivity index (χ2n) is 7.26. The Morgan fingerprint density at radius 2 is 1.87 bits per heavy atom. The number of aromatic nitrogens is 2. The van der Waals surface area contributed by atoms with Crippen LogP contribution >= 0.6 is 0 Å². The molecule has 1 N–H and O–H groups in total. The van der Waals surface area contributed by atoms with E-state index in [1.165, 1.54) is 4.57 Å². The Hall–Kier alpha value is -4.13. The van der Waals surface area contributed by atoms with Crippen molar-refractivity contribution in [3.63, 3.8) is 0 Å². The van der Waals surface area contributed by atoms with E-state index in [9.17, 15) is 9.90 Å². The Morgan fingerprint density at radius 3 is 2.71 bits per heavy atom. The van der Waals surface area contributed by atoms with Crippen LogP contribution in [-0.2, 0) is 6.54 Å². The summed E-state index contributed by atoms with van der Waals surface area (Å²) in [7, 11) is 0. The molecule has 2 aromatic carbocycles. The molecule has 1 aliphatic rings. The Balaban J connectivity index is 1.63. The molecule has 3 heterocycles. The SMILES string of the molecule is Cc1cccc(/N=C/c2c(O)n(Cc3ccc4c(c3)OCO4)c(=O)c3ccccc23)n1. The van der Waals surface area contributed by atoms with Crippen molar-refractivity contribution in [2.24, 2.45) is 4.99 Å². The highest BCUT2D eigenvalue weighted by Gasteiger charge is 2.17. The molecule has 0 fully saturated rings. The van der Waals surface area contributed by atoms with E-state index in [2.05, 4.69) is 9.98 Å². The van der Waals surface area contributed by atoms with Gasteiger partial charge in [-0.05, 0) is 42.8 Å². The van der Waals surface area contributed by atoms with Crippen LogP contribution in [0.1, 0.15) is 16.8 Å². The molecule has 5 rings (SSSR count). The Morgan fingerprint density at radius 1 is 1.06 bits per heavy atom. The monoisotopic (exact) mass is 413 g/mol. The number of aromatic hydroxyl groups is 1. The predicted molar refractivity (Wildman–Crippen MR) is 118 cm³/mol. The van der Waals surface area contributed by atoms with E-state index >= 15 is 0 Å². The maximum atomic E-state index is 13.1.